The van der Waals surface area contributed by atoms with Gasteiger partial charge in [-0.25, -0.2) is 0 Å². The average molecular weight is 191 g/mol. The predicted octanol–water partition coefficient (Wildman–Crippen LogP) is 0.770. The third-order valence-electron chi connectivity index (χ3n) is 1.87. The molecule has 0 aliphatic rings. The lowest BCUT2D eigenvalue weighted by molar-refractivity contribution is 0.201. The Bertz CT molecular complexity index is 343. The molecule has 1 N–H and O–H groups in total. The third kappa shape index (κ3) is 2.44. The second kappa shape index (κ2) is 4.58. The van der Waals surface area contributed by atoms with Crippen molar-refractivity contribution in [3.8, 4) is 6.07 Å². The van der Waals surface area contributed by atoms with Crippen molar-refractivity contribution in [1.29, 1.82) is 5.26 Å². The fourth-order valence-corrected chi connectivity index (χ4v) is 1.30. The Morgan fingerprint density at radius 2 is 2.43 bits per heavy atom. The Balaban J connectivity index is 2.89. The largest absolute Gasteiger partial charge is 0.392 e. The first-order valence-electron chi connectivity index (χ1n) is 4.38. The van der Waals surface area contributed by atoms with Crippen molar-refractivity contribution in [3.05, 3.63) is 24.0 Å². The van der Waals surface area contributed by atoms with Crippen molar-refractivity contribution >= 4 is 5.69 Å². The van der Waals surface area contributed by atoms with Gasteiger partial charge in [-0.2, -0.15) is 5.26 Å². The van der Waals surface area contributed by atoms with Crippen molar-refractivity contribution in [2.45, 2.75) is 13.0 Å². The summed E-state index contributed by atoms with van der Waals surface area (Å²) in [6, 6.07) is 3.83. The molecule has 1 aromatic rings. The number of pyridine rings is 1. The molecule has 4 heteroatoms. The molecule has 0 bridgehead atoms. The van der Waals surface area contributed by atoms with Crippen LogP contribution in [0, 0.1) is 11.3 Å². The Morgan fingerprint density at radius 3 is 3.00 bits per heavy atom. The normalized spacial score (nSPS) is 11.9. The van der Waals surface area contributed by atoms with Gasteiger partial charge in [-0.05, 0) is 13.0 Å². The van der Waals surface area contributed by atoms with E-state index in [1.165, 1.54) is 6.20 Å². The van der Waals surface area contributed by atoms with E-state index in [2.05, 4.69) is 11.1 Å². The standard InChI is InChI=1S/C10H13N3O/c1-8(14)7-13(2)10-3-4-12-6-9(10)5-11/h3-4,6,8,14H,7H2,1-2H3. The maximum absolute atomic E-state index is 9.21. The van der Waals surface area contributed by atoms with Gasteiger partial charge >= 0.3 is 0 Å². The fourth-order valence-electron chi connectivity index (χ4n) is 1.30. The summed E-state index contributed by atoms with van der Waals surface area (Å²) in [4.78, 5) is 5.70. The monoisotopic (exact) mass is 191 g/mol. The van der Waals surface area contributed by atoms with Gasteiger partial charge in [0, 0.05) is 26.0 Å². The molecule has 0 saturated heterocycles. The quantitative estimate of drug-likeness (QED) is 0.766. The number of nitriles is 1. The third-order valence-corrected chi connectivity index (χ3v) is 1.87. The number of hydrogen-bond acceptors (Lipinski definition) is 4. The van der Waals surface area contributed by atoms with Gasteiger partial charge in [0.05, 0.1) is 17.4 Å². The molecular formula is C10H13N3O. The van der Waals surface area contributed by atoms with Crippen molar-refractivity contribution in [2.24, 2.45) is 0 Å². The fraction of sp³-hybridized carbons (Fsp3) is 0.400. The number of aromatic nitrogens is 1. The number of likely N-dealkylation sites (N-methyl/N-ethyl adjacent to an activating group) is 1. The molecule has 1 unspecified atom stereocenters. The molecule has 14 heavy (non-hydrogen) atoms. The summed E-state index contributed by atoms with van der Waals surface area (Å²) in [5, 5.41) is 18.0. The van der Waals surface area contributed by atoms with Crippen LogP contribution in [0.5, 0.6) is 0 Å². The predicted molar refractivity (Wildman–Crippen MR) is 53.9 cm³/mol. The van der Waals surface area contributed by atoms with Gasteiger partial charge in [-0.1, -0.05) is 0 Å². The number of rotatable bonds is 3. The lowest BCUT2D eigenvalue weighted by atomic mass is 10.2. The number of aliphatic hydroxyl groups excluding tert-OH is 1. The lowest BCUT2D eigenvalue weighted by Crippen LogP contribution is -2.27. The minimum absolute atomic E-state index is 0.417. The molecule has 0 fully saturated rings. The molecule has 1 heterocycles. The van der Waals surface area contributed by atoms with Crippen LogP contribution in [0.3, 0.4) is 0 Å². The first kappa shape index (κ1) is 10.5. The second-order valence-corrected chi connectivity index (χ2v) is 3.23. The summed E-state index contributed by atoms with van der Waals surface area (Å²) < 4.78 is 0. The summed E-state index contributed by atoms with van der Waals surface area (Å²) in [6.07, 6.45) is 2.74. The molecule has 74 valence electrons. The van der Waals surface area contributed by atoms with Crippen LogP contribution in [0.15, 0.2) is 18.5 Å². The molecule has 0 amide bonds. The molecule has 0 spiro atoms. The maximum atomic E-state index is 9.21. The topological polar surface area (TPSA) is 60.1 Å². The zero-order valence-electron chi connectivity index (χ0n) is 8.31. The van der Waals surface area contributed by atoms with E-state index in [1.807, 2.05) is 11.9 Å². The zero-order chi connectivity index (χ0) is 10.6. The van der Waals surface area contributed by atoms with E-state index in [4.69, 9.17) is 5.26 Å². The average Bonchev–Trinajstić information content (AvgIpc) is 2.16. The van der Waals surface area contributed by atoms with Crippen LogP contribution in [0.25, 0.3) is 0 Å². The van der Waals surface area contributed by atoms with E-state index in [0.717, 1.165) is 5.69 Å². The zero-order valence-corrected chi connectivity index (χ0v) is 8.31. The van der Waals surface area contributed by atoms with Gasteiger partial charge in [-0.15, -0.1) is 0 Å². The molecule has 0 saturated carbocycles. The van der Waals surface area contributed by atoms with Crippen LogP contribution in [0.4, 0.5) is 5.69 Å². The molecule has 0 aliphatic heterocycles. The molecule has 0 radical (unpaired) electrons. The van der Waals surface area contributed by atoms with Crippen LogP contribution >= 0.6 is 0 Å². The highest BCUT2D eigenvalue weighted by Crippen LogP contribution is 2.16. The molecule has 1 aromatic heterocycles. The smallest absolute Gasteiger partial charge is 0.103 e. The highest BCUT2D eigenvalue weighted by molar-refractivity contribution is 5.57. The summed E-state index contributed by atoms with van der Waals surface area (Å²) in [5.74, 6) is 0. The lowest BCUT2D eigenvalue weighted by Gasteiger charge is -2.21. The molecule has 0 aliphatic carbocycles. The highest BCUT2D eigenvalue weighted by Gasteiger charge is 2.08. The van der Waals surface area contributed by atoms with E-state index in [9.17, 15) is 5.11 Å². The number of hydrogen-bond donors (Lipinski definition) is 1. The summed E-state index contributed by atoms with van der Waals surface area (Å²) in [7, 11) is 1.84. The van der Waals surface area contributed by atoms with E-state index < -0.39 is 6.10 Å². The minimum atomic E-state index is -0.417. The van der Waals surface area contributed by atoms with Gasteiger partial charge in [0.25, 0.3) is 0 Å². The molecule has 1 rings (SSSR count). The maximum Gasteiger partial charge on any atom is 0.103 e. The van der Waals surface area contributed by atoms with E-state index in [0.29, 0.717) is 12.1 Å². The minimum Gasteiger partial charge on any atom is -0.392 e. The Labute approximate surface area is 83.4 Å². The molecular weight excluding hydrogens is 178 g/mol. The Kier molecular flexibility index (Phi) is 3.43. The molecule has 4 nitrogen and oxygen atoms in total. The van der Waals surface area contributed by atoms with Crippen LogP contribution in [-0.4, -0.2) is 29.8 Å². The van der Waals surface area contributed by atoms with Crippen LogP contribution in [0.1, 0.15) is 12.5 Å². The van der Waals surface area contributed by atoms with Crippen molar-refractivity contribution in [1.82, 2.24) is 4.98 Å². The summed E-state index contributed by atoms with van der Waals surface area (Å²) in [6.45, 7) is 2.21. The van der Waals surface area contributed by atoms with Crippen LogP contribution in [0.2, 0.25) is 0 Å². The SMILES string of the molecule is CC(O)CN(C)c1ccncc1C#N. The van der Waals surface area contributed by atoms with Crippen molar-refractivity contribution in [2.75, 3.05) is 18.5 Å². The first-order valence-corrected chi connectivity index (χ1v) is 4.38. The van der Waals surface area contributed by atoms with Crippen molar-refractivity contribution < 1.29 is 5.11 Å². The highest BCUT2D eigenvalue weighted by atomic mass is 16.3. The molecule has 0 aromatic carbocycles. The second-order valence-electron chi connectivity index (χ2n) is 3.23. The van der Waals surface area contributed by atoms with Gasteiger partial charge in [0.15, 0.2) is 0 Å². The summed E-state index contributed by atoms with van der Waals surface area (Å²) >= 11 is 0. The van der Waals surface area contributed by atoms with Gasteiger partial charge in [0.2, 0.25) is 0 Å². The van der Waals surface area contributed by atoms with Gasteiger partial charge in [-0.3, -0.25) is 4.98 Å². The first-order chi connectivity index (χ1) is 6.65. The van der Waals surface area contributed by atoms with E-state index >= 15 is 0 Å². The van der Waals surface area contributed by atoms with Gasteiger partial charge in [0.1, 0.15) is 6.07 Å². The molecule has 1 atom stereocenters. The Morgan fingerprint density at radius 1 is 1.71 bits per heavy atom. The van der Waals surface area contributed by atoms with E-state index in [1.54, 1.807) is 19.2 Å². The number of anilines is 1. The van der Waals surface area contributed by atoms with Gasteiger partial charge < -0.3 is 10.0 Å². The number of aliphatic hydroxyl groups is 1. The summed E-state index contributed by atoms with van der Waals surface area (Å²) in [5.41, 5.74) is 1.32. The van der Waals surface area contributed by atoms with Crippen LogP contribution < -0.4 is 4.90 Å². The number of nitrogens with zero attached hydrogens (tertiary/aromatic N) is 3. The van der Waals surface area contributed by atoms with Crippen molar-refractivity contribution in [3.63, 3.8) is 0 Å². The van der Waals surface area contributed by atoms with Crippen LogP contribution in [-0.2, 0) is 0 Å². The van der Waals surface area contributed by atoms with E-state index in [-0.39, 0.29) is 0 Å². The Hall–Kier alpha value is -1.60.